The first kappa shape index (κ1) is 46.6. The zero-order chi connectivity index (χ0) is 36.4. The first-order chi connectivity index (χ1) is 24.5. The second-order valence-corrected chi connectivity index (χ2v) is 15.5. The Hall–Kier alpha value is -1.46. The van der Waals surface area contributed by atoms with Gasteiger partial charge in [0.15, 0.2) is 0 Å². The quantitative estimate of drug-likeness (QED) is 0.0371. The van der Waals surface area contributed by atoms with Crippen LogP contribution < -0.4 is 0 Å². The molecule has 0 bridgehead atoms. The lowest BCUT2D eigenvalue weighted by molar-refractivity contribution is -0.150. The van der Waals surface area contributed by atoms with E-state index < -0.39 is 6.17 Å². The van der Waals surface area contributed by atoms with E-state index in [9.17, 15) is 4.79 Å². The maximum absolute atomic E-state index is 13.1. The molecule has 0 amide bonds. The van der Waals surface area contributed by atoms with Crippen molar-refractivity contribution in [3.63, 3.8) is 0 Å². The normalized spacial score (nSPS) is 18.1. The van der Waals surface area contributed by atoms with Gasteiger partial charge in [0.2, 0.25) is 6.17 Å². The van der Waals surface area contributed by atoms with Crippen molar-refractivity contribution >= 4 is 12.2 Å². The van der Waals surface area contributed by atoms with Gasteiger partial charge in [-0.2, -0.15) is 0 Å². The highest BCUT2D eigenvalue weighted by molar-refractivity contribution is 5.84. The van der Waals surface area contributed by atoms with Gasteiger partial charge in [-0.1, -0.05) is 154 Å². The van der Waals surface area contributed by atoms with Crippen LogP contribution in [0.15, 0.2) is 29.3 Å². The maximum Gasteiger partial charge on any atom is 0.346 e. The van der Waals surface area contributed by atoms with Crippen LogP contribution in [0.1, 0.15) is 207 Å². The van der Waals surface area contributed by atoms with Crippen LogP contribution in [0.5, 0.6) is 0 Å². The molecular weight excluding hydrogens is 615 g/mol. The summed E-state index contributed by atoms with van der Waals surface area (Å²) in [6.07, 6.45) is 48.9. The fourth-order valence-corrected chi connectivity index (χ4v) is 7.46. The predicted octanol–water partition coefficient (Wildman–Crippen LogP) is 13.0. The van der Waals surface area contributed by atoms with E-state index in [1.165, 1.54) is 167 Å². The molecule has 0 spiro atoms. The molecular formula is C45H85N3O2. The topological polar surface area (TPSA) is 45.1 Å². The number of unbranched alkanes of at least 4 members (excludes halogenated alkanes) is 22. The van der Waals surface area contributed by atoms with Crippen LogP contribution in [0.25, 0.3) is 0 Å². The molecule has 1 aliphatic heterocycles. The lowest BCUT2D eigenvalue weighted by Crippen LogP contribution is -2.53. The van der Waals surface area contributed by atoms with Gasteiger partial charge in [-0.15, -0.1) is 0 Å². The third-order valence-corrected chi connectivity index (χ3v) is 10.6. The second-order valence-electron chi connectivity index (χ2n) is 15.5. The molecule has 0 N–H and O–H groups in total. The van der Waals surface area contributed by atoms with E-state index in [1.807, 2.05) is 6.92 Å². The maximum atomic E-state index is 13.1. The highest BCUT2D eigenvalue weighted by atomic mass is 16.5. The summed E-state index contributed by atoms with van der Waals surface area (Å²) in [5, 5.41) is 0. The molecule has 0 aromatic rings. The van der Waals surface area contributed by atoms with E-state index in [4.69, 9.17) is 9.73 Å². The highest BCUT2D eigenvalue weighted by Crippen LogP contribution is 2.35. The van der Waals surface area contributed by atoms with Crippen molar-refractivity contribution in [2.75, 3.05) is 33.8 Å². The number of hydrogen-bond acceptors (Lipinski definition) is 5. The van der Waals surface area contributed by atoms with Gasteiger partial charge in [-0.05, 0) is 98.2 Å². The number of nitrogens with zero attached hydrogens (tertiary/aromatic N) is 3. The van der Waals surface area contributed by atoms with Crippen molar-refractivity contribution in [2.24, 2.45) is 4.99 Å². The number of rotatable bonds is 36. The molecule has 0 saturated heterocycles. The number of carbonyl (C=O) groups excluding carboxylic acids is 1. The summed E-state index contributed by atoms with van der Waals surface area (Å²) in [6, 6.07) is 0. The van der Waals surface area contributed by atoms with E-state index in [2.05, 4.69) is 68.3 Å². The molecule has 0 saturated carbocycles. The van der Waals surface area contributed by atoms with Crippen molar-refractivity contribution in [2.45, 2.75) is 219 Å². The summed E-state index contributed by atoms with van der Waals surface area (Å²) in [4.78, 5) is 22.6. The van der Waals surface area contributed by atoms with Crippen LogP contribution in [0, 0.1) is 0 Å². The minimum absolute atomic E-state index is 0.123. The Bertz CT molecular complexity index is 811. The Balaban J connectivity index is 2.51. The standard InChI is InChI=1S/C45H85N3O2/c1-6-9-11-13-15-17-19-21-23-25-27-29-31-33-35-38-45(42-46-43(44(49)50-8-3)48(45)41-37-40-47(4)5)39-36-34-32-30-28-26-24-22-20-18-16-14-12-10-7-2/h21-24,42-43H,6-20,25-41H2,1-5H3. The summed E-state index contributed by atoms with van der Waals surface area (Å²) in [6.45, 7) is 8.79. The number of esters is 1. The van der Waals surface area contributed by atoms with Gasteiger partial charge in [0, 0.05) is 12.8 Å². The van der Waals surface area contributed by atoms with Gasteiger partial charge in [0.05, 0.1) is 12.1 Å². The Morgan fingerprint density at radius 1 is 0.620 bits per heavy atom. The SMILES string of the molecule is CCCCCCCCC=CCCCCCCCC1(CCCCCCCC=CCCCCCCCC)C=NC(C(=O)OCC)N1CCCN(C)C. The van der Waals surface area contributed by atoms with Gasteiger partial charge >= 0.3 is 5.97 Å². The molecule has 1 unspecified atom stereocenters. The molecule has 0 radical (unpaired) electrons. The minimum atomic E-state index is -0.483. The molecule has 1 atom stereocenters. The average molecular weight is 700 g/mol. The third kappa shape index (κ3) is 23.9. The molecule has 50 heavy (non-hydrogen) atoms. The lowest BCUT2D eigenvalue weighted by Gasteiger charge is -2.39. The van der Waals surface area contributed by atoms with E-state index in [0.29, 0.717) is 6.61 Å². The zero-order valence-corrected chi connectivity index (χ0v) is 34.2. The number of aliphatic imine (C=N–C) groups is 1. The number of ether oxygens (including phenoxy) is 1. The number of allylic oxidation sites excluding steroid dienone is 4. The van der Waals surface area contributed by atoms with Crippen LogP contribution in [-0.2, 0) is 9.53 Å². The smallest absolute Gasteiger partial charge is 0.346 e. The molecule has 0 aliphatic carbocycles. The Kier molecular flexibility index (Phi) is 31.1. The second kappa shape index (κ2) is 33.4. The first-order valence-electron chi connectivity index (χ1n) is 21.9. The van der Waals surface area contributed by atoms with Crippen LogP contribution in [0.3, 0.4) is 0 Å². The average Bonchev–Trinajstić information content (AvgIpc) is 3.46. The van der Waals surface area contributed by atoms with Crippen LogP contribution >= 0.6 is 0 Å². The van der Waals surface area contributed by atoms with Gasteiger partial charge in [0.25, 0.3) is 0 Å². The predicted molar refractivity (Wildman–Crippen MR) is 220 cm³/mol. The van der Waals surface area contributed by atoms with Crippen molar-refractivity contribution < 1.29 is 9.53 Å². The van der Waals surface area contributed by atoms with Gasteiger partial charge < -0.3 is 9.64 Å². The van der Waals surface area contributed by atoms with Crippen molar-refractivity contribution in [3.05, 3.63) is 24.3 Å². The molecule has 0 aromatic heterocycles. The van der Waals surface area contributed by atoms with Gasteiger partial charge in [-0.25, -0.2) is 4.79 Å². The Morgan fingerprint density at radius 3 is 1.42 bits per heavy atom. The molecule has 1 aliphatic rings. The van der Waals surface area contributed by atoms with Crippen molar-refractivity contribution in [1.29, 1.82) is 0 Å². The lowest BCUT2D eigenvalue weighted by atomic mass is 9.85. The fraction of sp³-hybridized carbons (Fsp3) is 0.867. The molecule has 5 nitrogen and oxygen atoms in total. The molecule has 292 valence electrons. The Morgan fingerprint density at radius 2 is 1.02 bits per heavy atom. The van der Waals surface area contributed by atoms with Crippen LogP contribution in [0.4, 0.5) is 0 Å². The minimum Gasteiger partial charge on any atom is -0.463 e. The van der Waals surface area contributed by atoms with E-state index in [1.54, 1.807) is 0 Å². The summed E-state index contributed by atoms with van der Waals surface area (Å²) < 4.78 is 5.52. The van der Waals surface area contributed by atoms with E-state index in [-0.39, 0.29) is 11.5 Å². The molecule has 1 heterocycles. The van der Waals surface area contributed by atoms with Crippen LogP contribution in [0.2, 0.25) is 0 Å². The largest absolute Gasteiger partial charge is 0.463 e. The summed E-state index contributed by atoms with van der Waals surface area (Å²) >= 11 is 0. The van der Waals surface area contributed by atoms with E-state index in [0.717, 1.165) is 32.4 Å². The summed E-state index contributed by atoms with van der Waals surface area (Å²) in [5.41, 5.74) is -0.123. The fourth-order valence-electron chi connectivity index (χ4n) is 7.46. The first-order valence-corrected chi connectivity index (χ1v) is 21.9. The summed E-state index contributed by atoms with van der Waals surface area (Å²) in [5.74, 6) is -0.176. The Labute approximate surface area is 312 Å². The summed E-state index contributed by atoms with van der Waals surface area (Å²) in [7, 11) is 4.26. The number of hydrogen-bond donors (Lipinski definition) is 0. The van der Waals surface area contributed by atoms with Crippen molar-refractivity contribution in [1.82, 2.24) is 9.80 Å². The van der Waals surface area contributed by atoms with E-state index >= 15 is 0 Å². The monoisotopic (exact) mass is 700 g/mol. The molecule has 0 aromatic carbocycles. The zero-order valence-electron chi connectivity index (χ0n) is 34.2. The number of carbonyl (C=O) groups is 1. The van der Waals surface area contributed by atoms with Crippen LogP contribution in [-0.4, -0.2) is 67.5 Å². The van der Waals surface area contributed by atoms with Gasteiger partial charge in [0.1, 0.15) is 0 Å². The van der Waals surface area contributed by atoms with Crippen molar-refractivity contribution in [3.8, 4) is 0 Å². The van der Waals surface area contributed by atoms with Gasteiger partial charge in [-0.3, -0.25) is 9.89 Å². The highest BCUT2D eigenvalue weighted by Gasteiger charge is 2.45. The molecule has 5 heteroatoms. The molecule has 1 rings (SSSR count). The third-order valence-electron chi connectivity index (χ3n) is 10.6. The molecule has 0 fully saturated rings.